The van der Waals surface area contributed by atoms with Gasteiger partial charge in [0.25, 0.3) is 5.91 Å². The third-order valence-corrected chi connectivity index (χ3v) is 5.67. The molecule has 0 saturated carbocycles. The normalized spacial score (nSPS) is 11.4. The molecule has 3 rings (SSSR count). The molecule has 0 aliphatic heterocycles. The first-order chi connectivity index (χ1) is 14.9. The van der Waals surface area contributed by atoms with Crippen LogP contribution in [0.5, 0.6) is 0 Å². The van der Waals surface area contributed by atoms with Crippen molar-refractivity contribution in [1.29, 1.82) is 5.41 Å². The van der Waals surface area contributed by atoms with Gasteiger partial charge in [0, 0.05) is 21.4 Å². The summed E-state index contributed by atoms with van der Waals surface area (Å²) < 4.78 is 0. The number of hydrogen-bond donors (Lipinski definition) is 5. The number of nitrogens with one attached hydrogen (secondary N) is 3. The number of aliphatic carboxylic acids is 1. The fourth-order valence-corrected chi connectivity index (χ4v) is 4.20. The van der Waals surface area contributed by atoms with E-state index in [9.17, 15) is 14.7 Å². The summed E-state index contributed by atoms with van der Waals surface area (Å²) in [5.74, 6) is -1.43. The van der Waals surface area contributed by atoms with Crippen LogP contribution in [0.3, 0.4) is 0 Å². The van der Waals surface area contributed by atoms with Crippen molar-refractivity contribution in [2.75, 3.05) is 10.6 Å². The molecule has 0 fully saturated rings. The third kappa shape index (κ3) is 6.35. The Morgan fingerprint density at radius 1 is 0.968 bits per heavy atom. The first kappa shape index (κ1) is 21.9. The van der Waals surface area contributed by atoms with E-state index in [0.717, 1.165) is 10.5 Å². The number of para-hydroxylation sites is 1. The van der Waals surface area contributed by atoms with E-state index in [1.54, 1.807) is 30.3 Å². The van der Waals surface area contributed by atoms with Crippen LogP contribution < -0.4 is 16.4 Å². The van der Waals surface area contributed by atoms with Gasteiger partial charge in [-0.15, -0.1) is 11.8 Å². The molecule has 1 unspecified atom stereocenters. The van der Waals surface area contributed by atoms with Gasteiger partial charge in [0.1, 0.15) is 0 Å². The lowest BCUT2D eigenvalue weighted by molar-refractivity contribution is -0.137. The zero-order valence-corrected chi connectivity index (χ0v) is 17.4. The van der Waals surface area contributed by atoms with E-state index in [0.29, 0.717) is 16.9 Å². The minimum atomic E-state index is -0.891. The summed E-state index contributed by atoms with van der Waals surface area (Å²) in [4.78, 5) is 25.0. The van der Waals surface area contributed by atoms with E-state index in [4.69, 9.17) is 11.1 Å². The molecule has 0 bridgehead atoms. The monoisotopic (exact) mass is 434 g/mol. The van der Waals surface area contributed by atoms with Crippen LogP contribution >= 0.6 is 11.8 Å². The van der Waals surface area contributed by atoms with Crippen molar-refractivity contribution in [1.82, 2.24) is 0 Å². The van der Waals surface area contributed by atoms with Crippen LogP contribution in [0.25, 0.3) is 0 Å². The summed E-state index contributed by atoms with van der Waals surface area (Å²) in [5, 5.41) is 21.9. The molecule has 158 valence electrons. The molecular formula is C23H22N4O3S. The van der Waals surface area contributed by atoms with Crippen molar-refractivity contribution in [3.63, 3.8) is 0 Å². The molecule has 3 aromatic carbocycles. The lowest BCUT2D eigenvalue weighted by Crippen LogP contribution is -2.21. The molecule has 1 amide bonds. The fraction of sp³-hybridized carbons (Fsp3) is 0.0870. The number of benzene rings is 3. The Hall–Kier alpha value is -3.78. The molecule has 3 aromatic rings. The van der Waals surface area contributed by atoms with Gasteiger partial charge in [-0.25, -0.2) is 0 Å². The number of hydrogen-bond acceptors (Lipinski definition) is 4. The number of guanidine groups is 1. The SMILES string of the molecule is N=C(N)Nc1cccc(C(=O)Nc2ccccc2SC(CC(=O)O)c2ccccc2)c1. The number of anilines is 2. The predicted octanol–water partition coefficient (Wildman–Crippen LogP) is 4.55. The maximum atomic E-state index is 12.8. The van der Waals surface area contributed by atoms with E-state index >= 15 is 0 Å². The van der Waals surface area contributed by atoms with Crippen LogP contribution in [0.4, 0.5) is 11.4 Å². The Kier molecular flexibility index (Phi) is 7.29. The molecular weight excluding hydrogens is 412 g/mol. The van der Waals surface area contributed by atoms with Gasteiger partial charge < -0.3 is 21.5 Å². The van der Waals surface area contributed by atoms with Crippen molar-refractivity contribution < 1.29 is 14.7 Å². The predicted molar refractivity (Wildman–Crippen MR) is 124 cm³/mol. The van der Waals surface area contributed by atoms with Gasteiger partial charge in [0.2, 0.25) is 0 Å². The summed E-state index contributed by atoms with van der Waals surface area (Å²) >= 11 is 1.39. The van der Waals surface area contributed by atoms with Crippen molar-refractivity contribution in [3.05, 3.63) is 90.0 Å². The lowest BCUT2D eigenvalue weighted by Gasteiger charge is -2.18. The molecule has 0 aromatic heterocycles. The molecule has 0 spiro atoms. The Morgan fingerprint density at radius 3 is 2.39 bits per heavy atom. The standard InChI is InChI=1S/C23H22N4O3S/c24-23(25)26-17-10-6-9-16(13-17)22(30)27-18-11-4-5-12-19(18)31-20(14-21(28)29)15-7-2-1-3-8-15/h1-13,20H,14H2,(H,27,30)(H,28,29)(H4,24,25,26). The average Bonchev–Trinajstić information content (AvgIpc) is 2.74. The first-order valence-corrected chi connectivity index (χ1v) is 10.3. The first-order valence-electron chi connectivity index (χ1n) is 9.47. The Bertz CT molecular complexity index is 1090. The third-order valence-electron chi connectivity index (χ3n) is 4.34. The second-order valence-electron chi connectivity index (χ2n) is 6.68. The van der Waals surface area contributed by atoms with Crippen LogP contribution in [-0.2, 0) is 4.79 Å². The molecule has 0 heterocycles. The number of carboxylic acid groups (broad SMARTS) is 1. The van der Waals surface area contributed by atoms with Crippen molar-refractivity contribution >= 4 is 41.0 Å². The molecule has 8 heteroatoms. The van der Waals surface area contributed by atoms with Crippen molar-refractivity contribution in [3.8, 4) is 0 Å². The zero-order chi connectivity index (χ0) is 22.2. The summed E-state index contributed by atoms with van der Waals surface area (Å²) in [5.41, 5.74) is 7.78. The van der Waals surface area contributed by atoms with E-state index in [2.05, 4.69) is 10.6 Å². The molecule has 1 atom stereocenters. The maximum Gasteiger partial charge on any atom is 0.304 e. The van der Waals surface area contributed by atoms with E-state index < -0.39 is 5.97 Å². The van der Waals surface area contributed by atoms with Gasteiger partial charge in [0.05, 0.1) is 12.1 Å². The van der Waals surface area contributed by atoms with Gasteiger partial charge in [0.15, 0.2) is 5.96 Å². The summed E-state index contributed by atoms with van der Waals surface area (Å²) in [7, 11) is 0. The van der Waals surface area contributed by atoms with Gasteiger partial charge in [-0.2, -0.15) is 0 Å². The second-order valence-corrected chi connectivity index (χ2v) is 7.93. The van der Waals surface area contributed by atoms with Crippen LogP contribution in [0.15, 0.2) is 83.8 Å². The van der Waals surface area contributed by atoms with Gasteiger partial charge in [-0.1, -0.05) is 48.5 Å². The summed E-state index contributed by atoms with van der Waals surface area (Å²) in [6.45, 7) is 0. The second kappa shape index (κ2) is 10.3. The number of carboxylic acids is 1. The minimum Gasteiger partial charge on any atom is -0.481 e. The molecule has 0 radical (unpaired) electrons. The Labute approximate surface area is 184 Å². The molecule has 6 N–H and O–H groups in total. The Balaban J connectivity index is 1.82. The Morgan fingerprint density at radius 2 is 1.68 bits per heavy atom. The highest BCUT2D eigenvalue weighted by atomic mass is 32.2. The fourth-order valence-electron chi connectivity index (χ4n) is 2.97. The van der Waals surface area contributed by atoms with Crippen LogP contribution in [0.1, 0.15) is 27.6 Å². The highest BCUT2D eigenvalue weighted by Gasteiger charge is 2.19. The number of carbonyl (C=O) groups is 2. The minimum absolute atomic E-state index is 0.0459. The highest BCUT2D eigenvalue weighted by molar-refractivity contribution is 7.99. The topological polar surface area (TPSA) is 128 Å². The molecule has 0 saturated heterocycles. The molecule has 0 aliphatic carbocycles. The molecule has 7 nitrogen and oxygen atoms in total. The quantitative estimate of drug-likeness (QED) is 0.201. The zero-order valence-electron chi connectivity index (χ0n) is 16.5. The van der Waals surface area contributed by atoms with Crippen molar-refractivity contribution in [2.45, 2.75) is 16.6 Å². The number of amides is 1. The molecule has 31 heavy (non-hydrogen) atoms. The number of nitrogens with two attached hydrogens (primary N) is 1. The van der Waals surface area contributed by atoms with Gasteiger partial charge >= 0.3 is 5.97 Å². The summed E-state index contributed by atoms with van der Waals surface area (Å²) in [6.07, 6.45) is -0.0459. The van der Waals surface area contributed by atoms with E-state index in [1.807, 2.05) is 48.5 Å². The number of rotatable bonds is 8. The van der Waals surface area contributed by atoms with E-state index in [-0.39, 0.29) is 23.5 Å². The smallest absolute Gasteiger partial charge is 0.304 e. The summed E-state index contributed by atoms with van der Waals surface area (Å²) in [6, 6.07) is 23.4. The largest absolute Gasteiger partial charge is 0.481 e. The van der Waals surface area contributed by atoms with Crippen LogP contribution in [-0.4, -0.2) is 22.9 Å². The maximum absolute atomic E-state index is 12.8. The van der Waals surface area contributed by atoms with E-state index in [1.165, 1.54) is 11.8 Å². The number of thioether (sulfide) groups is 1. The molecule has 0 aliphatic rings. The van der Waals surface area contributed by atoms with Crippen molar-refractivity contribution in [2.24, 2.45) is 5.73 Å². The number of carbonyl (C=O) groups excluding carboxylic acids is 1. The van der Waals surface area contributed by atoms with Gasteiger partial charge in [-0.3, -0.25) is 15.0 Å². The average molecular weight is 435 g/mol. The lowest BCUT2D eigenvalue weighted by atomic mass is 10.1. The van der Waals surface area contributed by atoms with Crippen LogP contribution in [0.2, 0.25) is 0 Å². The van der Waals surface area contributed by atoms with Crippen LogP contribution in [0, 0.1) is 5.41 Å². The van der Waals surface area contributed by atoms with Gasteiger partial charge in [-0.05, 0) is 35.9 Å². The highest BCUT2D eigenvalue weighted by Crippen LogP contribution is 2.41.